The molecule has 0 saturated carbocycles. The molecule has 16 heavy (non-hydrogen) atoms. The normalized spacial score (nSPS) is 18.6. The van der Waals surface area contributed by atoms with E-state index in [1.54, 1.807) is 0 Å². The molecule has 1 aliphatic heterocycles. The lowest BCUT2D eigenvalue weighted by Gasteiger charge is -2.30. The van der Waals surface area contributed by atoms with Crippen LogP contribution in [0.3, 0.4) is 0 Å². The number of hydrogen-bond donors (Lipinski definition) is 2. The van der Waals surface area contributed by atoms with Crippen LogP contribution in [0.25, 0.3) is 0 Å². The number of halogens is 1. The predicted octanol–water partition coefficient (Wildman–Crippen LogP) is 2.54. The van der Waals surface area contributed by atoms with Gasteiger partial charge in [0, 0.05) is 21.9 Å². The standard InChI is InChI=1S/C12H18BrN3/c1-16-6-4-10(5-7-16)15-12-3-2-9(14)8-11(12)13/h2-3,8,10,15H,4-7,14H2,1H3. The Morgan fingerprint density at radius 1 is 1.38 bits per heavy atom. The van der Waals surface area contributed by atoms with Gasteiger partial charge in [0.1, 0.15) is 0 Å². The molecule has 0 atom stereocenters. The molecular formula is C12H18BrN3. The van der Waals surface area contributed by atoms with Crippen LogP contribution in [0.2, 0.25) is 0 Å². The highest BCUT2D eigenvalue weighted by atomic mass is 79.9. The minimum absolute atomic E-state index is 0.580. The van der Waals surface area contributed by atoms with Gasteiger partial charge >= 0.3 is 0 Å². The third-order valence-corrected chi connectivity index (χ3v) is 3.73. The first-order valence-corrected chi connectivity index (χ1v) is 6.44. The van der Waals surface area contributed by atoms with Crippen molar-refractivity contribution in [2.24, 2.45) is 0 Å². The summed E-state index contributed by atoms with van der Waals surface area (Å²) in [7, 11) is 2.18. The van der Waals surface area contributed by atoms with Gasteiger partial charge in [-0.2, -0.15) is 0 Å². The summed E-state index contributed by atoms with van der Waals surface area (Å²) >= 11 is 3.53. The Bertz CT molecular complexity index is 359. The van der Waals surface area contributed by atoms with Gasteiger partial charge in [-0.15, -0.1) is 0 Å². The predicted molar refractivity (Wildman–Crippen MR) is 72.7 cm³/mol. The van der Waals surface area contributed by atoms with Gasteiger partial charge in [0.15, 0.2) is 0 Å². The fraction of sp³-hybridized carbons (Fsp3) is 0.500. The third kappa shape index (κ3) is 2.89. The number of benzene rings is 1. The van der Waals surface area contributed by atoms with Crippen LogP contribution >= 0.6 is 15.9 Å². The van der Waals surface area contributed by atoms with Crippen LogP contribution in [0.15, 0.2) is 22.7 Å². The molecule has 0 spiro atoms. The van der Waals surface area contributed by atoms with E-state index in [1.165, 1.54) is 25.9 Å². The molecule has 88 valence electrons. The molecule has 0 aromatic heterocycles. The number of nitrogen functional groups attached to an aromatic ring is 1. The van der Waals surface area contributed by atoms with Gasteiger partial charge in [0.2, 0.25) is 0 Å². The van der Waals surface area contributed by atoms with Crippen LogP contribution in [0.5, 0.6) is 0 Å². The number of nitrogens with one attached hydrogen (secondary N) is 1. The van der Waals surface area contributed by atoms with Crippen molar-refractivity contribution in [2.75, 3.05) is 31.2 Å². The van der Waals surface area contributed by atoms with Crippen molar-refractivity contribution in [1.29, 1.82) is 0 Å². The Kier molecular flexibility index (Phi) is 3.71. The van der Waals surface area contributed by atoms with E-state index in [-0.39, 0.29) is 0 Å². The van der Waals surface area contributed by atoms with Crippen molar-refractivity contribution in [3.05, 3.63) is 22.7 Å². The van der Waals surface area contributed by atoms with Crippen molar-refractivity contribution >= 4 is 27.3 Å². The largest absolute Gasteiger partial charge is 0.399 e. The number of nitrogens with zero attached hydrogens (tertiary/aromatic N) is 1. The van der Waals surface area contributed by atoms with Gasteiger partial charge in [-0.05, 0) is 67.1 Å². The van der Waals surface area contributed by atoms with E-state index >= 15 is 0 Å². The highest BCUT2D eigenvalue weighted by Gasteiger charge is 2.16. The zero-order valence-corrected chi connectivity index (χ0v) is 11.1. The van der Waals surface area contributed by atoms with E-state index in [4.69, 9.17) is 5.73 Å². The van der Waals surface area contributed by atoms with Crippen molar-refractivity contribution in [2.45, 2.75) is 18.9 Å². The number of rotatable bonds is 2. The smallest absolute Gasteiger partial charge is 0.0488 e. The first kappa shape index (κ1) is 11.7. The maximum absolute atomic E-state index is 5.71. The average Bonchev–Trinajstić information content (AvgIpc) is 2.25. The molecule has 1 aromatic carbocycles. The van der Waals surface area contributed by atoms with E-state index in [1.807, 2.05) is 18.2 Å². The highest BCUT2D eigenvalue weighted by molar-refractivity contribution is 9.10. The van der Waals surface area contributed by atoms with Gasteiger partial charge in [0.05, 0.1) is 0 Å². The summed E-state index contributed by atoms with van der Waals surface area (Å²) in [6, 6.07) is 6.49. The maximum atomic E-state index is 5.71. The lowest BCUT2D eigenvalue weighted by molar-refractivity contribution is 0.264. The molecule has 1 aromatic rings. The molecule has 1 saturated heterocycles. The molecule has 1 aliphatic rings. The summed E-state index contributed by atoms with van der Waals surface area (Å²) < 4.78 is 1.05. The van der Waals surface area contributed by atoms with Crippen molar-refractivity contribution in [3.63, 3.8) is 0 Å². The SMILES string of the molecule is CN1CCC(Nc2ccc(N)cc2Br)CC1. The molecule has 3 nitrogen and oxygen atoms in total. The number of nitrogens with two attached hydrogens (primary N) is 1. The van der Waals surface area contributed by atoms with Gasteiger partial charge in [-0.1, -0.05) is 0 Å². The van der Waals surface area contributed by atoms with Gasteiger partial charge < -0.3 is 16.0 Å². The van der Waals surface area contributed by atoms with Gasteiger partial charge in [-0.3, -0.25) is 0 Å². The summed E-state index contributed by atoms with van der Waals surface area (Å²) in [5.41, 5.74) is 7.65. The Hall–Kier alpha value is -0.740. The number of hydrogen-bond acceptors (Lipinski definition) is 3. The van der Waals surface area contributed by atoms with E-state index in [0.717, 1.165) is 15.8 Å². The lowest BCUT2D eigenvalue weighted by Crippen LogP contribution is -2.36. The van der Waals surface area contributed by atoms with E-state index in [2.05, 4.69) is 33.2 Å². The second-order valence-electron chi connectivity index (χ2n) is 4.46. The van der Waals surface area contributed by atoms with Crippen LogP contribution in [0, 0.1) is 0 Å². The molecule has 3 N–H and O–H groups in total. The molecule has 0 bridgehead atoms. The molecule has 0 radical (unpaired) electrons. The fourth-order valence-corrected chi connectivity index (χ4v) is 2.53. The molecule has 0 unspecified atom stereocenters. The minimum Gasteiger partial charge on any atom is -0.399 e. The summed E-state index contributed by atoms with van der Waals surface area (Å²) in [5, 5.41) is 3.57. The molecule has 1 heterocycles. The van der Waals surface area contributed by atoms with Gasteiger partial charge in [0.25, 0.3) is 0 Å². The molecule has 0 aliphatic carbocycles. The Balaban J connectivity index is 1.98. The quantitative estimate of drug-likeness (QED) is 0.820. The van der Waals surface area contributed by atoms with Crippen LogP contribution in [-0.4, -0.2) is 31.1 Å². The van der Waals surface area contributed by atoms with Crippen molar-refractivity contribution in [1.82, 2.24) is 4.90 Å². The van der Waals surface area contributed by atoms with Crippen LogP contribution in [-0.2, 0) is 0 Å². The van der Waals surface area contributed by atoms with E-state index in [0.29, 0.717) is 6.04 Å². The Labute approximate surface area is 105 Å². The minimum atomic E-state index is 0.580. The van der Waals surface area contributed by atoms with Crippen LogP contribution in [0.1, 0.15) is 12.8 Å². The molecule has 1 fully saturated rings. The van der Waals surface area contributed by atoms with Crippen molar-refractivity contribution in [3.8, 4) is 0 Å². The number of piperidine rings is 1. The summed E-state index contributed by atoms with van der Waals surface area (Å²) in [5.74, 6) is 0. The van der Waals surface area contributed by atoms with E-state index < -0.39 is 0 Å². The third-order valence-electron chi connectivity index (χ3n) is 3.07. The van der Waals surface area contributed by atoms with Crippen LogP contribution in [0.4, 0.5) is 11.4 Å². The topological polar surface area (TPSA) is 41.3 Å². The molecule has 4 heteroatoms. The summed E-state index contributed by atoms with van der Waals surface area (Å²) in [4.78, 5) is 2.37. The number of likely N-dealkylation sites (tertiary alicyclic amines) is 1. The number of anilines is 2. The first-order chi connectivity index (χ1) is 7.65. The van der Waals surface area contributed by atoms with Crippen LogP contribution < -0.4 is 11.1 Å². The summed E-state index contributed by atoms with van der Waals surface area (Å²) in [6.07, 6.45) is 2.40. The summed E-state index contributed by atoms with van der Waals surface area (Å²) in [6.45, 7) is 2.34. The second kappa shape index (κ2) is 5.06. The average molecular weight is 284 g/mol. The monoisotopic (exact) mass is 283 g/mol. The molecule has 0 amide bonds. The maximum Gasteiger partial charge on any atom is 0.0488 e. The highest BCUT2D eigenvalue weighted by Crippen LogP contribution is 2.26. The van der Waals surface area contributed by atoms with Crippen molar-refractivity contribution < 1.29 is 0 Å². The molecular weight excluding hydrogens is 266 g/mol. The molecule has 2 rings (SSSR count). The zero-order valence-electron chi connectivity index (χ0n) is 9.54. The van der Waals surface area contributed by atoms with E-state index in [9.17, 15) is 0 Å². The second-order valence-corrected chi connectivity index (χ2v) is 5.32. The Morgan fingerprint density at radius 2 is 2.06 bits per heavy atom. The Morgan fingerprint density at radius 3 is 2.69 bits per heavy atom. The fourth-order valence-electron chi connectivity index (χ4n) is 2.02. The first-order valence-electron chi connectivity index (χ1n) is 5.65. The zero-order chi connectivity index (χ0) is 11.5. The van der Waals surface area contributed by atoms with Gasteiger partial charge in [-0.25, -0.2) is 0 Å². The lowest BCUT2D eigenvalue weighted by atomic mass is 10.1.